The Morgan fingerprint density at radius 3 is 1.32 bits per heavy atom. The summed E-state index contributed by atoms with van der Waals surface area (Å²) in [5.74, 6) is 0. The lowest BCUT2D eigenvalue weighted by Gasteiger charge is -2.21. The van der Waals surface area contributed by atoms with Crippen LogP contribution in [0.2, 0.25) is 0 Å². The van der Waals surface area contributed by atoms with Gasteiger partial charge in [-0.05, 0) is 84.4 Å². The fraction of sp³-hybridized carbons (Fsp3) is 0.0167. The van der Waals surface area contributed by atoms with E-state index in [-0.39, 0.29) is 5.56 Å². The molecule has 5 nitrogen and oxygen atoms in total. The van der Waals surface area contributed by atoms with Crippen molar-refractivity contribution in [3.05, 3.63) is 230 Å². The van der Waals surface area contributed by atoms with E-state index in [9.17, 15) is 5.26 Å². The van der Waals surface area contributed by atoms with E-state index in [1.165, 1.54) is 12.1 Å². The van der Waals surface area contributed by atoms with Gasteiger partial charge in [0.2, 0.25) is 0 Å². The standard InChI is InChI=1S/C60H36F3N5/c61-60(62,63)49-22-10-7-19-43(49)48-36-58(67-54-27-11-8-20-44(54)46-33-40(29-31-56(46)67)52-25-13-23-50(65-52)38-15-3-1-4-16-38)42(37-64)35-59(48)68-55-28-12-9-21-45(55)47-34-41(30-32-57(47)68)53-26-14-24-51(66-53)39-17-5-2-6-18-39/h1-36H. The number of hydrogen-bond donors (Lipinski definition) is 0. The third-order valence-electron chi connectivity index (χ3n) is 12.8. The van der Waals surface area contributed by atoms with Crippen LogP contribution in [0.1, 0.15) is 11.1 Å². The van der Waals surface area contributed by atoms with E-state index in [0.29, 0.717) is 22.5 Å². The highest BCUT2D eigenvalue weighted by Crippen LogP contribution is 2.45. The molecule has 68 heavy (non-hydrogen) atoms. The van der Waals surface area contributed by atoms with Gasteiger partial charge < -0.3 is 9.13 Å². The zero-order valence-electron chi connectivity index (χ0n) is 36.2. The van der Waals surface area contributed by atoms with E-state index in [0.717, 1.165) is 94.7 Å². The molecule has 0 aliphatic carbocycles. The molecule has 0 amide bonds. The number of rotatable bonds is 7. The molecule has 0 aliphatic rings. The fourth-order valence-corrected chi connectivity index (χ4v) is 9.73. The maximum absolute atomic E-state index is 15.2. The second kappa shape index (κ2) is 16.1. The molecule has 4 aromatic heterocycles. The van der Waals surface area contributed by atoms with Gasteiger partial charge in [0.15, 0.2) is 0 Å². The molecule has 0 unspecified atom stereocenters. The smallest absolute Gasteiger partial charge is 0.309 e. The molecule has 0 N–H and O–H groups in total. The molecule has 0 saturated carbocycles. The van der Waals surface area contributed by atoms with Crippen LogP contribution in [0.15, 0.2) is 218 Å². The molecule has 322 valence electrons. The van der Waals surface area contributed by atoms with Crippen LogP contribution in [0, 0.1) is 11.3 Å². The Morgan fingerprint density at radius 1 is 0.368 bits per heavy atom. The molecule has 0 saturated heterocycles. The van der Waals surface area contributed by atoms with Crippen molar-refractivity contribution in [2.75, 3.05) is 0 Å². The lowest BCUT2D eigenvalue weighted by Crippen LogP contribution is -2.09. The van der Waals surface area contributed by atoms with Gasteiger partial charge in [0.1, 0.15) is 6.07 Å². The number of fused-ring (bicyclic) bond motifs is 6. The summed E-state index contributed by atoms with van der Waals surface area (Å²) in [7, 11) is 0. The summed E-state index contributed by atoms with van der Waals surface area (Å²) >= 11 is 0. The van der Waals surface area contributed by atoms with Crippen LogP contribution in [0.5, 0.6) is 0 Å². The number of nitrogens with zero attached hydrogens (tertiary/aromatic N) is 5. The minimum atomic E-state index is -4.67. The molecule has 0 fully saturated rings. The van der Waals surface area contributed by atoms with Gasteiger partial charge in [-0.1, -0.05) is 140 Å². The van der Waals surface area contributed by atoms with E-state index in [4.69, 9.17) is 9.97 Å². The van der Waals surface area contributed by atoms with Crippen molar-refractivity contribution in [3.8, 4) is 73.6 Å². The van der Waals surface area contributed by atoms with Crippen LogP contribution in [-0.2, 0) is 6.18 Å². The summed E-state index contributed by atoms with van der Waals surface area (Å²) in [6.07, 6.45) is -4.67. The normalized spacial score (nSPS) is 11.7. The molecule has 0 atom stereocenters. The molecule has 8 heteroatoms. The van der Waals surface area contributed by atoms with Crippen LogP contribution in [-0.4, -0.2) is 19.1 Å². The molecule has 4 heterocycles. The Bertz CT molecular complexity index is 3970. The van der Waals surface area contributed by atoms with Crippen molar-refractivity contribution in [1.29, 1.82) is 5.26 Å². The van der Waals surface area contributed by atoms with Crippen molar-refractivity contribution in [1.82, 2.24) is 19.1 Å². The Balaban J connectivity index is 1.09. The topological polar surface area (TPSA) is 59.4 Å². The Labute approximate surface area is 388 Å². The first kappa shape index (κ1) is 40.4. The summed E-state index contributed by atoms with van der Waals surface area (Å²) in [6.45, 7) is 0. The maximum atomic E-state index is 15.2. The number of para-hydroxylation sites is 2. The summed E-state index contributed by atoms with van der Waals surface area (Å²) < 4.78 is 49.6. The second-order valence-corrected chi connectivity index (χ2v) is 16.8. The fourth-order valence-electron chi connectivity index (χ4n) is 9.73. The van der Waals surface area contributed by atoms with Crippen molar-refractivity contribution in [3.63, 3.8) is 0 Å². The van der Waals surface area contributed by atoms with E-state index in [1.807, 2.05) is 179 Å². The van der Waals surface area contributed by atoms with Gasteiger partial charge in [-0.15, -0.1) is 0 Å². The molecule has 0 aliphatic heterocycles. The van der Waals surface area contributed by atoms with Crippen LogP contribution in [0.4, 0.5) is 13.2 Å². The molecule has 8 aromatic carbocycles. The van der Waals surface area contributed by atoms with E-state index < -0.39 is 11.7 Å². The average Bonchev–Trinajstić information content (AvgIpc) is 3.90. The lowest BCUT2D eigenvalue weighted by atomic mass is 9.95. The molecule has 0 bridgehead atoms. The Morgan fingerprint density at radius 2 is 0.809 bits per heavy atom. The van der Waals surface area contributed by atoms with Gasteiger partial charge in [-0.3, -0.25) is 0 Å². The number of aromatic nitrogens is 4. The molecular formula is C60H36F3N5. The monoisotopic (exact) mass is 883 g/mol. The summed E-state index contributed by atoms with van der Waals surface area (Å²) in [6, 6.07) is 71.6. The quantitative estimate of drug-likeness (QED) is 0.160. The SMILES string of the molecule is N#Cc1cc(-n2c3ccccc3c3cc(-c4cccc(-c5ccccc5)n4)ccc32)c(-c2ccccc2C(F)(F)F)cc1-n1c2ccccc2c2cc(-c3cccc(-c4ccccc4)n3)ccc21. The average molecular weight is 884 g/mol. The van der Waals surface area contributed by atoms with Crippen molar-refractivity contribution < 1.29 is 13.2 Å². The number of halogens is 3. The zero-order chi connectivity index (χ0) is 45.9. The second-order valence-electron chi connectivity index (χ2n) is 16.8. The third-order valence-corrected chi connectivity index (χ3v) is 12.8. The first-order valence-electron chi connectivity index (χ1n) is 22.2. The van der Waals surface area contributed by atoms with E-state index in [2.05, 4.69) is 18.2 Å². The molecule has 0 radical (unpaired) electrons. The van der Waals surface area contributed by atoms with Crippen molar-refractivity contribution >= 4 is 43.6 Å². The lowest BCUT2D eigenvalue weighted by molar-refractivity contribution is -0.137. The summed E-state index contributed by atoms with van der Waals surface area (Å²) in [5, 5.41) is 14.8. The highest BCUT2D eigenvalue weighted by Gasteiger charge is 2.35. The third kappa shape index (κ3) is 6.79. The predicted molar refractivity (Wildman–Crippen MR) is 268 cm³/mol. The predicted octanol–water partition coefficient (Wildman–Crippen LogP) is 15.9. The first-order valence-corrected chi connectivity index (χ1v) is 22.2. The molecule has 0 spiro atoms. The van der Waals surface area contributed by atoms with Crippen LogP contribution in [0.3, 0.4) is 0 Å². The van der Waals surface area contributed by atoms with Gasteiger partial charge >= 0.3 is 6.18 Å². The van der Waals surface area contributed by atoms with Crippen LogP contribution >= 0.6 is 0 Å². The molecule has 12 aromatic rings. The highest BCUT2D eigenvalue weighted by molar-refractivity contribution is 6.12. The molecule has 12 rings (SSSR count). The largest absolute Gasteiger partial charge is 0.417 e. The summed E-state index contributed by atoms with van der Waals surface area (Å²) in [4.78, 5) is 10.1. The Hall–Kier alpha value is -9.06. The highest BCUT2D eigenvalue weighted by atomic mass is 19.4. The maximum Gasteiger partial charge on any atom is 0.417 e. The number of benzene rings is 8. The van der Waals surface area contributed by atoms with Gasteiger partial charge in [0, 0.05) is 49.4 Å². The van der Waals surface area contributed by atoms with Crippen LogP contribution < -0.4 is 0 Å². The number of pyridine rings is 2. The van der Waals surface area contributed by atoms with Gasteiger partial charge in [-0.2, -0.15) is 18.4 Å². The number of nitriles is 1. The van der Waals surface area contributed by atoms with E-state index >= 15 is 13.2 Å². The summed E-state index contributed by atoms with van der Waals surface area (Å²) in [5.41, 5.74) is 11.0. The zero-order valence-corrected chi connectivity index (χ0v) is 36.2. The number of alkyl halides is 3. The van der Waals surface area contributed by atoms with E-state index in [1.54, 1.807) is 18.2 Å². The minimum Gasteiger partial charge on any atom is -0.309 e. The molecular weight excluding hydrogens is 848 g/mol. The van der Waals surface area contributed by atoms with Crippen LogP contribution in [0.25, 0.3) is 111 Å². The van der Waals surface area contributed by atoms with Crippen molar-refractivity contribution in [2.24, 2.45) is 0 Å². The van der Waals surface area contributed by atoms with Gasteiger partial charge in [0.05, 0.1) is 67.3 Å². The first-order chi connectivity index (χ1) is 33.3. The van der Waals surface area contributed by atoms with Crippen molar-refractivity contribution in [2.45, 2.75) is 6.18 Å². The van der Waals surface area contributed by atoms with Gasteiger partial charge in [0.25, 0.3) is 0 Å². The van der Waals surface area contributed by atoms with Gasteiger partial charge in [-0.25, -0.2) is 9.97 Å². The Kier molecular flexibility index (Phi) is 9.59. The minimum absolute atomic E-state index is 0.00218. The number of hydrogen-bond acceptors (Lipinski definition) is 3.